The second kappa shape index (κ2) is 6.39. The lowest BCUT2D eigenvalue weighted by Crippen LogP contribution is -2.24. The first kappa shape index (κ1) is 20.1. The van der Waals surface area contributed by atoms with E-state index >= 15 is 0 Å². The lowest BCUT2D eigenvalue weighted by atomic mass is 9.75. The lowest BCUT2D eigenvalue weighted by Gasteiger charge is -2.31. The minimum atomic E-state index is 0.0162. The predicted molar refractivity (Wildman–Crippen MR) is 123 cm³/mol. The molecule has 152 valence electrons. The van der Waals surface area contributed by atoms with E-state index in [1.165, 1.54) is 72.2 Å². The average molecular weight is 387 g/mol. The molecule has 4 rings (SSSR count). The van der Waals surface area contributed by atoms with Gasteiger partial charge in [0, 0.05) is 23.8 Å². The first-order valence-corrected chi connectivity index (χ1v) is 10.8. The van der Waals surface area contributed by atoms with E-state index in [9.17, 15) is 0 Å². The molecular formula is C27H34N2. The summed E-state index contributed by atoms with van der Waals surface area (Å²) in [7, 11) is 0. The maximum Gasteiger partial charge on any atom is 0.125 e. The van der Waals surface area contributed by atoms with Gasteiger partial charge in [0.15, 0.2) is 0 Å². The van der Waals surface area contributed by atoms with Gasteiger partial charge in [-0.05, 0) is 104 Å². The smallest absolute Gasteiger partial charge is 0.125 e. The molecule has 0 spiro atoms. The van der Waals surface area contributed by atoms with E-state index in [1.54, 1.807) is 0 Å². The number of fused-ring (bicyclic) bond motifs is 4. The largest absolute Gasteiger partial charge is 0.238 e. The second-order valence-electron chi connectivity index (χ2n) is 10.1. The molecule has 0 N–H and O–H groups in total. The number of aryl methyl sites for hydroxylation is 4. The van der Waals surface area contributed by atoms with Crippen LogP contribution in [0.2, 0.25) is 0 Å². The molecule has 2 heteroatoms. The first-order valence-electron chi connectivity index (χ1n) is 10.8. The highest BCUT2D eigenvalue weighted by Gasteiger charge is 2.30. The summed E-state index contributed by atoms with van der Waals surface area (Å²) in [6, 6.07) is 0. The third-order valence-corrected chi connectivity index (χ3v) is 7.36. The zero-order chi connectivity index (χ0) is 21.4. The Bertz CT molecular complexity index is 1190. The van der Waals surface area contributed by atoms with Crippen LogP contribution in [-0.4, -0.2) is 9.97 Å². The molecular weight excluding hydrogens is 352 g/mol. The molecule has 0 saturated carbocycles. The Morgan fingerprint density at radius 2 is 1.10 bits per heavy atom. The van der Waals surface area contributed by atoms with Crippen LogP contribution in [-0.2, 0) is 18.3 Å². The van der Waals surface area contributed by atoms with Crippen molar-refractivity contribution in [1.29, 1.82) is 0 Å². The van der Waals surface area contributed by atoms with Crippen LogP contribution in [0.5, 0.6) is 0 Å². The molecule has 0 unspecified atom stereocenters. The molecule has 0 bridgehead atoms. The van der Waals surface area contributed by atoms with Crippen molar-refractivity contribution in [3.05, 3.63) is 67.3 Å². The first-order chi connectivity index (χ1) is 13.4. The molecule has 3 aromatic rings. The third kappa shape index (κ3) is 2.83. The molecule has 0 aliphatic heterocycles. The molecule has 1 aliphatic carbocycles. The number of hydrogen-bond acceptors (Lipinski definition) is 2. The summed E-state index contributed by atoms with van der Waals surface area (Å²) in [6.45, 7) is 22.6. The zero-order valence-corrected chi connectivity index (χ0v) is 19.8. The molecule has 0 amide bonds. The van der Waals surface area contributed by atoms with Crippen molar-refractivity contribution in [2.24, 2.45) is 0 Å². The van der Waals surface area contributed by atoms with E-state index in [4.69, 9.17) is 9.97 Å². The van der Waals surface area contributed by atoms with Gasteiger partial charge in [0.2, 0.25) is 0 Å². The minimum Gasteiger partial charge on any atom is -0.238 e. The SMILES string of the molecule is Cc1nc2c(c(C(C)(C)C)n1)Cc1c(c(C)c(C)c3c(C)c(C)c(C)c(C)c13)C2. The van der Waals surface area contributed by atoms with Crippen LogP contribution < -0.4 is 0 Å². The highest BCUT2D eigenvalue weighted by atomic mass is 14.9. The van der Waals surface area contributed by atoms with E-state index in [2.05, 4.69) is 62.3 Å². The fourth-order valence-electron chi connectivity index (χ4n) is 5.33. The fourth-order valence-corrected chi connectivity index (χ4v) is 5.33. The van der Waals surface area contributed by atoms with Crippen molar-refractivity contribution in [2.75, 3.05) is 0 Å². The van der Waals surface area contributed by atoms with Crippen molar-refractivity contribution < 1.29 is 0 Å². The van der Waals surface area contributed by atoms with Gasteiger partial charge in [0.25, 0.3) is 0 Å². The number of benzene rings is 2. The Labute approximate surface area is 175 Å². The van der Waals surface area contributed by atoms with Gasteiger partial charge in [-0.2, -0.15) is 0 Å². The van der Waals surface area contributed by atoms with Crippen LogP contribution in [0.4, 0.5) is 0 Å². The Morgan fingerprint density at radius 3 is 1.69 bits per heavy atom. The maximum absolute atomic E-state index is 4.91. The van der Waals surface area contributed by atoms with Gasteiger partial charge in [0.1, 0.15) is 5.82 Å². The van der Waals surface area contributed by atoms with Crippen molar-refractivity contribution >= 4 is 10.8 Å². The lowest BCUT2D eigenvalue weighted by molar-refractivity contribution is 0.553. The molecule has 1 aliphatic rings. The van der Waals surface area contributed by atoms with Crippen molar-refractivity contribution in [1.82, 2.24) is 9.97 Å². The molecule has 0 fully saturated rings. The molecule has 0 saturated heterocycles. The third-order valence-electron chi connectivity index (χ3n) is 7.36. The van der Waals surface area contributed by atoms with Gasteiger partial charge in [-0.25, -0.2) is 9.97 Å². The molecule has 1 aromatic heterocycles. The van der Waals surface area contributed by atoms with Crippen LogP contribution >= 0.6 is 0 Å². The van der Waals surface area contributed by atoms with Gasteiger partial charge in [-0.1, -0.05) is 20.8 Å². The van der Waals surface area contributed by atoms with E-state index in [-0.39, 0.29) is 5.41 Å². The highest BCUT2D eigenvalue weighted by molar-refractivity contribution is 5.98. The van der Waals surface area contributed by atoms with Gasteiger partial charge in [-0.15, -0.1) is 0 Å². The van der Waals surface area contributed by atoms with Crippen LogP contribution in [0, 0.1) is 48.5 Å². The maximum atomic E-state index is 4.91. The van der Waals surface area contributed by atoms with Crippen LogP contribution in [0.1, 0.15) is 88.1 Å². The summed E-state index contributed by atoms with van der Waals surface area (Å²) >= 11 is 0. The van der Waals surface area contributed by atoms with E-state index in [0.717, 1.165) is 18.7 Å². The summed E-state index contributed by atoms with van der Waals surface area (Å²) in [5, 5.41) is 2.95. The molecule has 29 heavy (non-hydrogen) atoms. The van der Waals surface area contributed by atoms with Crippen molar-refractivity contribution in [3.8, 4) is 0 Å². The highest BCUT2D eigenvalue weighted by Crippen LogP contribution is 2.42. The Kier molecular flexibility index (Phi) is 4.42. The van der Waals surface area contributed by atoms with E-state index in [0.29, 0.717) is 0 Å². The number of rotatable bonds is 0. The number of nitrogens with zero attached hydrogens (tertiary/aromatic N) is 2. The van der Waals surface area contributed by atoms with Crippen LogP contribution in [0.25, 0.3) is 10.8 Å². The quantitative estimate of drug-likeness (QED) is 0.341. The van der Waals surface area contributed by atoms with Crippen LogP contribution in [0.15, 0.2) is 0 Å². The van der Waals surface area contributed by atoms with Crippen molar-refractivity contribution in [3.63, 3.8) is 0 Å². The summed E-state index contributed by atoms with van der Waals surface area (Å²) in [5.41, 5.74) is 15.5. The Hall–Kier alpha value is -2.22. The van der Waals surface area contributed by atoms with Gasteiger partial charge in [0.05, 0.1) is 11.4 Å². The zero-order valence-electron chi connectivity index (χ0n) is 19.8. The van der Waals surface area contributed by atoms with Crippen molar-refractivity contribution in [2.45, 2.75) is 87.5 Å². The topological polar surface area (TPSA) is 25.8 Å². The van der Waals surface area contributed by atoms with E-state index < -0.39 is 0 Å². The minimum absolute atomic E-state index is 0.0162. The van der Waals surface area contributed by atoms with Gasteiger partial charge in [-0.3, -0.25) is 0 Å². The Morgan fingerprint density at radius 1 is 0.552 bits per heavy atom. The van der Waals surface area contributed by atoms with E-state index in [1.807, 2.05) is 6.92 Å². The predicted octanol–water partition coefficient (Wildman–Crippen LogP) is 6.58. The summed E-state index contributed by atoms with van der Waals surface area (Å²) < 4.78 is 0. The Balaban J connectivity index is 2.12. The average Bonchev–Trinajstić information content (AvgIpc) is 2.64. The molecule has 1 heterocycles. The van der Waals surface area contributed by atoms with Gasteiger partial charge >= 0.3 is 0 Å². The van der Waals surface area contributed by atoms with Gasteiger partial charge < -0.3 is 0 Å². The summed E-state index contributed by atoms with van der Waals surface area (Å²) in [6.07, 6.45) is 1.86. The molecule has 0 atom stereocenters. The normalized spacial score (nSPS) is 13.6. The molecule has 0 radical (unpaired) electrons. The molecule has 2 aromatic carbocycles. The summed E-state index contributed by atoms with van der Waals surface area (Å²) in [5.74, 6) is 0.894. The number of aromatic nitrogens is 2. The molecule has 2 nitrogen and oxygen atoms in total. The second-order valence-corrected chi connectivity index (χ2v) is 10.1. The monoisotopic (exact) mass is 386 g/mol. The fraction of sp³-hybridized carbons (Fsp3) is 0.481. The van der Waals surface area contributed by atoms with Crippen LogP contribution in [0.3, 0.4) is 0 Å². The summed E-state index contributed by atoms with van der Waals surface area (Å²) in [4.78, 5) is 9.81. The standard InChI is InChI=1S/C27H34N2/c1-13-14(2)17(5)25-21-11-22-23(28-19(7)29-26(22)27(8,9)10)12-20(21)15(3)18(6)24(25)16(13)4/h11-12H2,1-10H3. The number of hydrogen-bond donors (Lipinski definition) is 0.